The maximum atomic E-state index is 14.8. The molecule has 0 heterocycles. The molecule has 0 atom stereocenters. The molecule has 6 nitrogen and oxygen atoms in total. The lowest BCUT2D eigenvalue weighted by molar-refractivity contribution is 0.264. The van der Waals surface area contributed by atoms with Crippen molar-refractivity contribution in [2.75, 3.05) is 19.3 Å². The Morgan fingerprint density at radius 2 is 0.706 bits per heavy atom. The largest absolute Gasteiger partial charge is 0.483 e. The monoisotopic (exact) mass is 734 g/mol. The van der Waals surface area contributed by atoms with Gasteiger partial charge in [-0.2, -0.15) is 0 Å². The van der Waals surface area contributed by atoms with Crippen LogP contribution in [0.4, 0.5) is 0 Å². The van der Waals surface area contributed by atoms with Gasteiger partial charge in [0.2, 0.25) is 0 Å². The molecule has 6 aromatic rings. The number of hydrogen-bond donors (Lipinski definition) is 0. The Bertz CT molecular complexity index is 1920. The van der Waals surface area contributed by atoms with Crippen LogP contribution < -0.4 is 30.7 Å². The highest BCUT2D eigenvalue weighted by atomic mass is 31.2. The summed E-state index contributed by atoms with van der Waals surface area (Å²) in [5.74, 6) is 0.966. The molecule has 6 rings (SSSR count). The smallest absolute Gasteiger partial charge is 0.275 e. The first-order chi connectivity index (χ1) is 24.8. The molecule has 0 aliphatic heterocycles. The van der Waals surface area contributed by atoms with E-state index in [4.69, 9.17) is 14.0 Å². The molecule has 260 valence electrons. The fourth-order valence-electron chi connectivity index (χ4n) is 6.05. The minimum Gasteiger partial charge on any atom is -0.483 e. The first-order valence-corrected chi connectivity index (χ1v) is 22.7. The zero-order chi connectivity index (χ0) is 35.6. The standard InChI is InChI=1S/C42H41O6P3/c1-2-48-49(43,33-46-41-29-17-15-19-35(41)31-50(44,37-21-7-3-8-22-37)38-23-9-4-10-24-38)34-47-42-30-18-16-20-36(42)32-51(45,39-25-11-5-12-26-39)40-27-13-6-14-28-40/h3-30H,2,31-34H2,1H3. The molecular weight excluding hydrogens is 693 g/mol. The van der Waals surface area contributed by atoms with Gasteiger partial charge < -0.3 is 23.1 Å². The van der Waals surface area contributed by atoms with Crippen molar-refractivity contribution in [2.24, 2.45) is 0 Å². The lowest BCUT2D eigenvalue weighted by atomic mass is 10.2. The van der Waals surface area contributed by atoms with E-state index in [1.165, 1.54) is 0 Å². The second-order valence-electron chi connectivity index (χ2n) is 12.1. The highest BCUT2D eigenvalue weighted by Gasteiger charge is 2.32. The van der Waals surface area contributed by atoms with Gasteiger partial charge >= 0.3 is 0 Å². The van der Waals surface area contributed by atoms with Gasteiger partial charge in [-0.1, -0.05) is 158 Å². The van der Waals surface area contributed by atoms with E-state index >= 15 is 0 Å². The van der Waals surface area contributed by atoms with Crippen LogP contribution in [-0.2, 0) is 30.5 Å². The summed E-state index contributed by atoms with van der Waals surface area (Å²) in [5.41, 5.74) is 1.47. The van der Waals surface area contributed by atoms with Gasteiger partial charge in [0.1, 0.15) is 25.8 Å². The lowest BCUT2D eigenvalue weighted by Crippen LogP contribution is -2.18. The highest BCUT2D eigenvalue weighted by Crippen LogP contribution is 2.52. The summed E-state index contributed by atoms with van der Waals surface area (Å²) in [6, 6.07) is 52.8. The van der Waals surface area contributed by atoms with Crippen molar-refractivity contribution in [2.45, 2.75) is 19.2 Å². The normalized spacial score (nSPS) is 11.9. The number of rotatable bonds is 16. The Labute approximate surface area is 300 Å². The van der Waals surface area contributed by atoms with Crippen LogP contribution in [0.1, 0.15) is 18.1 Å². The minimum absolute atomic E-state index is 0.196. The van der Waals surface area contributed by atoms with Crippen LogP contribution in [-0.4, -0.2) is 19.3 Å². The fraction of sp³-hybridized carbons (Fsp3) is 0.143. The number of para-hydroxylation sites is 2. The van der Waals surface area contributed by atoms with Gasteiger partial charge in [0.15, 0.2) is 12.7 Å². The Balaban J connectivity index is 1.22. The second-order valence-corrected chi connectivity index (χ2v) is 20.2. The van der Waals surface area contributed by atoms with Crippen molar-refractivity contribution in [3.05, 3.63) is 181 Å². The molecule has 0 aliphatic carbocycles. The molecule has 0 spiro atoms. The molecule has 0 unspecified atom stereocenters. The molecule has 0 radical (unpaired) electrons. The Morgan fingerprint density at radius 1 is 0.412 bits per heavy atom. The summed E-state index contributed by atoms with van der Waals surface area (Å²) >= 11 is 0. The molecule has 0 saturated heterocycles. The van der Waals surface area contributed by atoms with Gasteiger partial charge in [0.05, 0.1) is 6.61 Å². The summed E-state index contributed by atoms with van der Waals surface area (Å²) in [5, 5.41) is 3.01. The molecule has 51 heavy (non-hydrogen) atoms. The molecule has 6 aromatic carbocycles. The van der Waals surface area contributed by atoms with Gasteiger partial charge in [-0.25, -0.2) is 0 Å². The number of ether oxygens (including phenoxy) is 2. The lowest BCUT2D eigenvalue weighted by Gasteiger charge is -2.24. The van der Waals surface area contributed by atoms with Crippen molar-refractivity contribution >= 4 is 42.9 Å². The third-order valence-corrected chi connectivity index (χ3v) is 16.5. The van der Waals surface area contributed by atoms with E-state index in [0.717, 1.165) is 32.3 Å². The molecule has 0 aromatic heterocycles. The van der Waals surface area contributed by atoms with Crippen molar-refractivity contribution < 1.29 is 27.7 Å². The van der Waals surface area contributed by atoms with E-state index < -0.39 is 21.7 Å². The number of benzene rings is 6. The zero-order valence-corrected chi connectivity index (χ0v) is 31.2. The quantitative estimate of drug-likeness (QED) is 0.0923. The van der Waals surface area contributed by atoms with E-state index in [1.54, 1.807) is 19.1 Å². The van der Waals surface area contributed by atoms with Crippen LogP contribution in [0.15, 0.2) is 170 Å². The molecule has 0 saturated carbocycles. The van der Waals surface area contributed by atoms with Gasteiger partial charge in [-0.15, -0.1) is 0 Å². The van der Waals surface area contributed by atoms with Crippen LogP contribution >= 0.6 is 21.7 Å². The predicted octanol–water partition coefficient (Wildman–Crippen LogP) is 9.40. The SMILES string of the molecule is CCOP(=O)(COc1ccccc1CP(=O)(c1ccccc1)c1ccccc1)COc1ccccc1CP(=O)(c1ccccc1)c1ccccc1. The average molecular weight is 735 g/mol. The van der Waals surface area contributed by atoms with Crippen LogP contribution in [0.25, 0.3) is 0 Å². The van der Waals surface area contributed by atoms with Gasteiger partial charge in [0.25, 0.3) is 7.37 Å². The topological polar surface area (TPSA) is 78.9 Å². The van der Waals surface area contributed by atoms with E-state index in [-0.39, 0.29) is 31.6 Å². The van der Waals surface area contributed by atoms with Crippen LogP contribution in [0.3, 0.4) is 0 Å². The first-order valence-electron chi connectivity index (χ1n) is 16.9. The number of hydrogen-bond acceptors (Lipinski definition) is 6. The van der Waals surface area contributed by atoms with Crippen molar-refractivity contribution in [3.8, 4) is 11.5 Å². The maximum Gasteiger partial charge on any atom is 0.275 e. The summed E-state index contributed by atoms with van der Waals surface area (Å²) in [4.78, 5) is 0. The van der Waals surface area contributed by atoms with E-state index in [0.29, 0.717) is 11.5 Å². The van der Waals surface area contributed by atoms with Crippen LogP contribution in [0.5, 0.6) is 11.5 Å². The van der Waals surface area contributed by atoms with Gasteiger partial charge in [-0.3, -0.25) is 4.57 Å². The molecule has 0 amide bonds. The summed E-state index contributed by atoms with van der Waals surface area (Å²) < 4.78 is 62.3. The van der Waals surface area contributed by atoms with Crippen molar-refractivity contribution in [3.63, 3.8) is 0 Å². The molecular formula is C42H41O6P3. The van der Waals surface area contributed by atoms with E-state index in [1.807, 2.05) is 158 Å². The van der Waals surface area contributed by atoms with Crippen molar-refractivity contribution in [1.29, 1.82) is 0 Å². The minimum atomic E-state index is -3.51. The van der Waals surface area contributed by atoms with Crippen LogP contribution in [0, 0.1) is 0 Å². The molecule has 9 heteroatoms. The predicted molar refractivity (Wildman–Crippen MR) is 210 cm³/mol. The third kappa shape index (κ3) is 8.73. The highest BCUT2D eigenvalue weighted by molar-refractivity contribution is 7.78. The molecule has 0 fully saturated rings. The third-order valence-electron chi connectivity index (χ3n) is 8.62. The summed E-state index contributed by atoms with van der Waals surface area (Å²) in [6.07, 6.45) is -0.0349. The Hall–Kier alpha value is -4.43. The maximum absolute atomic E-state index is 14.8. The van der Waals surface area contributed by atoms with E-state index in [2.05, 4.69) is 0 Å². The van der Waals surface area contributed by atoms with Crippen LogP contribution in [0.2, 0.25) is 0 Å². The molecule has 0 N–H and O–H groups in total. The van der Waals surface area contributed by atoms with Crippen molar-refractivity contribution in [1.82, 2.24) is 0 Å². The zero-order valence-electron chi connectivity index (χ0n) is 28.5. The van der Waals surface area contributed by atoms with E-state index in [9.17, 15) is 13.7 Å². The first kappa shape index (κ1) is 36.4. The Kier molecular flexibility index (Phi) is 11.9. The second kappa shape index (κ2) is 16.7. The van der Waals surface area contributed by atoms with Gasteiger partial charge in [-0.05, 0) is 19.1 Å². The Morgan fingerprint density at radius 3 is 1.02 bits per heavy atom. The average Bonchev–Trinajstić information content (AvgIpc) is 3.19. The summed E-state index contributed by atoms with van der Waals surface area (Å²) in [6.45, 7) is 1.97. The molecule has 0 bridgehead atoms. The van der Waals surface area contributed by atoms with Gasteiger partial charge in [0, 0.05) is 44.7 Å². The summed E-state index contributed by atoms with van der Waals surface area (Å²) in [7, 11) is -9.70. The fourth-order valence-corrected chi connectivity index (χ4v) is 12.8. The molecule has 0 aliphatic rings.